The van der Waals surface area contributed by atoms with Crippen molar-refractivity contribution in [1.29, 1.82) is 0 Å². The van der Waals surface area contributed by atoms with E-state index in [4.69, 9.17) is 0 Å². The fraction of sp³-hybridized carbons (Fsp3) is 0.333. The molecular weight excluding hydrogens is 298 g/mol. The Balaban J connectivity index is 2.47. The van der Waals surface area contributed by atoms with Crippen LogP contribution in [0.15, 0.2) is 22.7 Å². The predicted molar refractivity (Wildman–Crippen MR) is 73.4 cm³/mol. The fourth-order valence-electron chi connectivity index (χ4n) is 1.73. The highest BCUT2D eigenvalue weighted by molar-refractivity contribution is 9.10. The Kier molecular flexibility index (Phi) is 3.68. The number of carbonyl (C=O) groups excluding carboxylic acids is 1. The van der Waals surface area contributed by atoms with Crippen molar-refractivity contribution in [2.24, 2.45) is 0 Å². The van der Waals surface area contributed by atoms with E-state index in [1.807, 2.05) is 29.7 Å². The maximum absolute atomic E-state index is 11.5. The summed E-state index contributed by atoms with van der Waals surface area (Å²) in [7, 11) is 0. The Morgan fingerprint density at radius 1 is 1.61 bits per heavy atom. The maximum atomic E-state index is 11.5. The van der Waals surface area contributed by atoms with Gasteiger partial charge in [-0.3, -0.25) is 10.1 Å². The second-order valence-electron chi connectivity index (χ2n) is 3.98. The van der Waals surface area contributed by atoms with E-state index in [1.54, 1.807) is 0 Å². The van der Waals surface area contributed by atoms with Crippen LogP contribution in [0.5, 0.6) is 0 Å². The number of nitrogens with zero attached hydrogens (tertiary/aromatic N) is 2. The Morgan fingerprint density at radius 2 is 2.33 bits per heavy atom. The van der Waals surface area contributed by atoms with Crippen LogP contribution in [-0.4, -0.2) is 26.7 Å². The lowest BCUT2D eigenvalue weighted by Crippen LogP contribution is -2.26. The molecule has 0 radical (unpaired) electrons. The van der Waals surface area contributed by atoms with Crippen LogP contribution in [0.1, 0.15) is 13.8 Å². The number of anilines is 1. The number of nitrogens with one attached hydrogen (secondary N) is 1. The van der Waals surface area contributed by atoms with E-state index in [9.17, 15) is 9.90 Å². The smallest absolute Gasteiger partial charge is 0.255 e. The van der Waals surface area contributed by atoms with Gasteiger partial charge in [-0.05, 0) is 32.0 Å². The molecule has 0 aliphatic carbocycles. The maximum Gasteiger partial charge on any atom is 0.255 e. The Hall–Kier alpha value is -1.40. The van der Waals surface area contributed by atoms with Crippen molar-refractivity contribution in [1.82, 2.24) is 9.55 Å². The van der Waals surface area contributed by atoms with Gasteiger partial charge in [0.1, 0.15) is 6.10 Å². The normalized spacial score (nSPS) is 12.7. The molecule has 0 saturated carbocycles. The zero-order chi connectivity index (χ0) is 13.3. The minimum absolute atomic E-state index is 0.455. The van der Waals surface area contributed by atoms with Gasteiger partial charge in [0.25, 0.3) is 5.91 Å². The number of hydrogen-bond donors (Lipinski definition) is 2. The van der Waals surface area contributed by atoms with Gasteiger partial charge in [0.15, 0.2) is 0 Å². The second-order valence-corrected chi connectivity index (χ2v) is 4.89. The summed E-state index contributed by atoms with van der Waals surface area (Å²) in [5, 5.41) is 11.8. The van der Waals surface area contributed by atoms with Crippen molar-refractivity contribution in [3.05, 3.63) is 22.7 Å². The first-order valence-corrected chi connectivity index (χ1v) is 6.47. The number of fused-ring (bicyclic) bond motifs is 1. The minimum atomic E-state index is -1.05. The van der Waals surface area contributed by atoms with Crippen molar-refractivity contribution >= 4 is 38.8 Å². The third kappa shape index (κ3) is 2.39. The highest BCUT2D eigenvalue weighted by Crippen LogP contribution is 2.23. The van der Waals surface area contributed by atoms with Crippen molar-refractivity contribution in [2.75, 3.05) is 5.32 Å². The molecule has 0 fully saturated rings. The lowest BCUT2D eigenvalue weighted by atomic mass is 10.3. The molecular formula is C12H14BrN3O2. The van der Waals surface area contributed by atoms with Crippen LogP contribution >= 0.6 is 15.9 Å². The van der Waals surface area contributed by atoms with Crippen molar-refractivity contribution in [2.45, 2.75) is 26.5 Å². The number of carbonyl (C=O) groups is 1. The summed E-state index contributed by atoms with van der Waals surface area (Å²) in [6.45, 7) is 4.08. The third-order valence-electron chi connectivity index (χ3n) is 2.64. The van der Waals surface area contributed by atoms with Gasteiger partial charge in [-0.2, -0.15) is 0 Å². The first kappa shape index (κ1) is 13.0. The molecule has 0 aliphatic rings. The molecule has 5 nitrogen and oxygen atoms in total. The standard InChI is InChI=1S/C12H14BrN3O2/c1-3-16-10-5-4-8(13)6-9(10)14-12(16)15-11(18)7(2)17/h4-7,17H,3H2,1-2H3,(H,14,15,18). The van der Waals surface area contributed by atoms with Crippen LogP contribution in [0.25, 0.3) is 11.0 Å². The third-order valence-corrected chi connectivity index (χ3v) is 3.13. The number of amides is 1. The summed E-state index contributed by atoms with van der Waals surface area (Å²) in [6.07, 6.45) is -1.05. The zero-order valence-electron chi connectivity index (χ0n) is 10.1. The van der Waals surface area contributed by atoms with Crippen LogP contribution in [0.4, 0.5) is 5.95 Å². The molecule has 2 N–H and O–H groups in total. The number of hydrogen-bond acceptors (Lipinski definition) is 3. The molecule has 0 saturated heterocycles. The monoisotopic (exact) mass is 311 g/mol. The molecule has 1 heterocycles. The molecule has 6 heteroatoms. The second kappa shape index (κ2) is 5.07. The number of aryl methyl sites for hydroxylation is 1. The lowest BCUT2D eigenvalue weighted by Gasteiger charge is -2.08. The molecule has 18 heavy (non-hydrogen) atoms. The molecule has 1 amide bonds. The van der Waals surface area contributed by atoms with Crippen LogP contribution < -0.4 is 5.32 Å². The van der Waals surface area contributed by atoms with Crippen molar-refractivity contribution in [3.63, 3.8) is 0 Å². The Labute approximate surface area is 113 Å². The van der Waals surface area contributed by atoms with E-state index >= 15 is 0 Å². The number of aromatic nitrogens is 2. The predicted octanol–water partition coefficient (Wildman–Crippen LogP) is 2.14. The van der Waals surface area contributed by atoms with Gasteiger partial charge in [-0.15, -0.1) is 0 Å². The first-order chi connectivity index (χ1) is 8.52. The summed E-state index contributed by atoms with van der Waals surface area (Å²) in [5.74, 6) is -0.00410. The fourth-order valence-corrected chi connectivity index (χ4v) is 2.08. The molecule has 1 atom stereocenters. The molecule has 0 bridgehead atoms. The van der Waals surface area contributed by atoms with Gasteiger partial charge < -0.3 is 9.67 Å². The molecule has 0 aliphatic heterocycles. The summed E-state index contributed by atoms with van der Waals surface area (Å²) in [6, 6.07) is 5.75. The summed E-state index contributed by atoms with van der Waals surface area (Å²) < 4.78 is 2.83. The number of rotatable bonds is 3. The van der Waals surface area contributed by atoms with Gasteiger partial charge >= 0.3 is 0 Å². The van der Waals surface area contributed by atoms with Gasteiger partial charge in [-0.25, -0.2) is 4.98 Å². The molecule has 1 aromatic carbocycles. The lowest BCUT2D eigenvalue weighted by molar-refractivity contribution is -0.123. The van der Waals surface area contributed by atoms with E-state index in [1.165, 1.54) is 6.92 Å². The average molecular weight is 312 g/mol. The number of aliphatic hydroxyl groups excluding tert-OH is 1. The summed E-state index contributed by atoms with van der Waals surface area (Å²) in [5.41, 5.74) is 1.74. The number of benzene rings is 1. The largest absolute Gasteiger partial charge is 0.384 e. The number of halogens is 1. The number of imidazole rings is 1. The van der Waals surface area contributed by atoms with Crippen LogP contribution in [0.3, 0.4) is 0 Å². The zero-order valence-corrected chi connectivity index (χ0v) is 11.7. The van der Waals surface area contributed by atoms with Crippen LogP contribution in [0.2, 0.25) is 0 Å². The molecule has 1 unspecified atom stereocenters. The van der Waals surface area contributed by atoms with Crippen LogP contribution in [-0.2, 0) is 11.3 Å². The molecule has 96 valence electrons. The number of aliphatic hydroxyl groups is 1. The van der Waals surface area contributed by atoms with E-state index in [0.717, 1.165) is 15.5 Å². The van der Waals surface area contributed by atoms with E-state index in [-0.39, 0.29) is 0 Å². The minimum Gasteiger partial charge on any atom is -0.384 e. The van der Waals surface area contributed by atoms with E-state index < -0.39 is 12.0 Å². The molecule has 1 aromatic heterocycles. The topological polar surface area (TPSA) is 67.2 Å². The summed E-state index contributed by atoms with van der Waals surface area (Å²) >= 11 is 3.39. The quantitative estimate of drug-likeness (QED) is 0.912. The molecule has 0 spiro atoms. The average Bonchev–Trinajstić information content (AvgIpc) is 2.64. The highest BCUT2D eigenvalue weighted by Gasteiger charge is 2.15. The highest BCUT2D eigenvalue weighted by atomic mass is 79.9. The van der Waals surface area contributed by atoms with Gasteiger partial charge in [0.2, 0.25) is 5.95 Å². The molecule has 2 rings (SSSR count). The van der Waals surface area contributed by atoms with Crippen molar-refractivity contribution in [3.8, 4) is 0 Å². The first-order valence-electron chi connectivity index (χ1n) is 5.67. The van der Waals surface area contributed by atoms with Gasteiger partial charge in [-0.1, -0.05) is 15.9 Å². The van der Waals surface area contributed by atoms with E-state index in [2.05, 4.69) is 26.2 Å². The van der Waals surface area contributed by atoms with E-state index in [0.29, 0.717) is 12.5 Å². The Morgan fingerprint density at radius 3 is 2.94 bits per heavy atom. The van der Waals surface area contributed by atoms with Crippen molar-refractivity contribution < 1.29 is 9.90 Å². The summed E-state index contributed by atoms with van der Waals surface area (Å²) in [4.78, 5) is 15.9. The molecule has 2 aromatic rings. The van der Waals surface area contributed by atoms with Gasteiger partial charge in [0, 0.05) is 11.0 Å². The van der Waals surface area contributed by atoms with Gasteiger partial charge in [0.05, 0.1) is 11.0 Å². The SMILES string of the molecule is CCn1c(NC(=O)C(C)O)nc2cc(Br)ccc21. The van der Waals surface area contributed by atoms with Crippen LogP contribution in [0, 0.1) is 0 Å². The Bertz CT molecular complexity index is 592.